The van der Waals surface area contributed by atoms with Gasteiger partial charge in [-0.3, -0.25) is 0 Å². The molecule has 2 amide bonds. The first kappa shape index (κ1) is 20.7. The minimum atomic E-state index is -0.676. The standard InChI is InChI=1S/C23H26ClFN4O/c1-26-23(24,11-10-16-13-27-20-5-3-2-4-18(16)20)12-19(21-14-28-22(30)29-21)15-6-8-17(25)9-7-15/h2-9,13,19,21,26-27H,10-12,14H2,1H3,(H2,28,29,30). The number of fused-ring (bicyclic) bond motifs is 1. The van der Waals surface area contributed by atoms with E-state index in [-0.39, 0.29) is 23.8 Å². The SMILES string of the molecule is CNC(Cl)(CCc1c[nH]c2ccccc12)CC(c1ccc(F)cc1)C1CNC(=O)N1. The predicted molar refractivity (Wildman–Crippen MR) is 118 cm³/mol. The van der Waals surface area contributed by atoms with Crippen LogP contribution in [0.1, 0.15) is 29.9 Å². The second kappa shape index (κ2) is 8.66. The van der Waals surface area contributed by atoms with Gasteiger partial charge in [0.05, 0.1) is 11.0 Å². The summed E-state index contributed by atoms with van der Waals surface area (Å²) in [6.07, 6.45) is 4.14. The molecule has 7 heteroatoms. The molecule has 0 spiro atoms. The summed E-state index contributed by atoms with van der Waals surface area (Å²) in [5.41, 5.74) is 3.29. The van der Waals surface area contributed by atoms with Crippen molar-refractivity contribution in [2.45, 2.75) is 36.2 Å². The predicted octanol–water partition coefficient (Wildman–Crippen LogP) is 4.25. The van der Waals surface area contributed by atoms with E-state index < -0.39 is 5.00 Å². The molecular formula is C23H26ClFN4O. The van der Waals surface area contributed by atoms with E-state index in [0.29, 0.717) is 19.4 Å². The Morgan fingerprint density at radius 2 is 2.00 bits per heavy atom. The largest absolute Gasteiger partial charge is 0.361 e. The molecule has 0 bridgehead atoms. The molecule has 2 aromatic carbocycles. The summed E-state index contributed by atoms with van der Waals surface area (Å²) in [4.78, 5) is 14.4. The van der Waals surface area contributed by atoms with Crippen molar-refractivity contribution in [1.29, 1.82) is 0 Å². The number of benzene rings is 2. The maximum absolute atomic E-state index is 13.5. The van der Waals surface area contributed by atoms with Gasteiger partial charge in [-0.15, -0.1) is 11.6 Å². The summed E-state index contributed by atoms with van der Waals surface area (Å²) in [6, 6.07) is 14.4. The van der Waals surface area contributed by atoms with Crippen molar-refractivity contribution in [3.05, 3.63) is 71.7 Å². The van der Waals surface area contributed by atoms with Crippen LogP contribution in [-0.4, -0.2) is 35.6 Å². The molecule has 1 aromatic heterocycles. The lowest BCUT2D eigenvalue weighted by Gasteiger charge is -2.34. The average Bonchev–Trinajstić information content (AvgIpc) is 3.37. The number of carbonyl (C=O) groups is 1. The summed E-state index contributed by atoms with van der Waals surface area (Å²) in [5.74, 6) is -0.339. The van der Waals surface area contributed by atoms with E-state index in [9.17, 15) is 9.18 Å². The molecule has 3 aromatic rings. The van der Waals surface area contributed by atoms with Crippen LogP contribution in [0, 0.1) is 5.82 Å². The van der Waals surface area contributed by atoms with E-state index in [1.165, 1.54) is 23.1 Å². The number of nitrogens with one attached hydrogen (secondary N) is 4. The van der Waals surface area contributed by atoms with Crippen LogP contribution < -0.4 is 16.0 Å². The van der Waals surface area contributed by atoms with Crippen molar-refractivity contribution >= 4 is 28.5 Å². The van der Waals surface area contributed by atoms with Gasteiger partial charge in [0.15, 0.2) is 0 Å². The van der Waals surface area contributed by atoms with Crippen molar-refractivity contribution in [2.24, 2.45) is 0 Å². The number of halogens is 2. The number of aromatic nitrogens is 1. The molecule has 158 valence electrons. The Hall–Kier alpha value is -2.57. The molecule has 0 radical (unpaired) electrons. The molecule has 1 aliphatic heterocycles. The van der Waals surface area contributed by atoms with Crippen LogP contribution in [-0.2, 0) is 6.42 Å². The number of para-hydroxylation sites is 1. The first-order valence-electron chi connectivity index (χ1n) is 10.2. The van der Waals surface area contributed by atoms with Gasteiger partial charge in [-0.05, 0) is 55.6 Å². The zero-order valence-corrected chi connectivity index (χ0v) is 17.6. The van der Waals surface area contributed by atoms with Gasteiger partial charge in [0.1, 0.15) is 5.82 Å². The van der Waals surface area contributed by atoms with E-state index in [1.54, 1.807) is 12.1 Å². The Balaban J connectivity index is 1.54. The molecular weight excluding hydrogens is 403 g/mol. The van der Waals surface area contributed by atoms with Crippen molar-refractivity contribution in [1.82, 2.24) is 20.9 Å². The van der Waals surface area contributed by atoms with Gasteiger partial charge in [0.2, 0.25) is 0 Å². The molecule has 3 atom stereocenters. The minimum Gasteiger partial charge on any atom is -0.361 e. The third-order valence-electron chi connectivity index (χ3n) is 6.04. The normalized spacial score (nSPS) is 19.3. The van der Waals surface area contributed by atoms with Crippen molar-refractivity contribution in [3.63, 3.8) is 0 Å². The number of H-pyrrole nitrogens is 1. The molecule has 5 nitrogen and oxygen atoms in total. The Kier molecular flexibility index (Phi) is 5.97. The average molecular weight is 429 g/mol. The zero-order chi connectivity index (χ0) is 21.1. The number of rotatable bonds is 8. The summed E-state index contributed by atoms with van der Waals surface area (Å²) in [5, 5.41) is 10.3. The van der Waals surface area contributed by atoms with E-state index in [4.69, 9.17) is 11.6 Å². The maximum atomic E-state index is 13.5. The number of carbonyl (C=O) groups excluding carboxylic acids is 1. The van der Waals surface area contributed by atoms with Gasteiger partial charge < -0.3 is 20.9 Å². The van der Waals surface area contributed by atoms with Crippen molar-refractivity contribution in [2.75, 3.05) is 13.6 Å². The highest BCUT2D eigenvalue weighted by molar-refractivity contribution is 6.23. The summed E-state index contributed by atoms with van der Waals surface area (Å²) < 4.78 is 13.5. The van der Waals surface area contributed by atoms with Crippen LogP contribution in [0.5, 0.6) is 0 Å². The molecule has 1 fully saturated rings. The molecule has 30 heavy (non-hydrogen) atoms. The van der Waals surface area contributed by atoms with Gasteiger partial charge in [-0.25, -0.2) is 9.18 Å². The highest BCUT2D eigenvalue weighted by atomic mass is 35.5. The van der Waals surface area contributed by atoms with Crippen LogP contribution in [0.15, 0.2) is 54.7 Å². The fraction of sp³-hybridized carbons (Fsp3) is 0.348. The molecule has 1 aliphatic rings. The van der Waals surface area contributed by atoms with E-state index >= 15 is 0 Å². The molecule has 1 saturated heterocycles. The van der Waals surface area contributed by atoms with Gasteiger partial charge in [-0.2, -0.15) is 0 Å². The Morgan fingerprint density at radius 1 is 1.23 bits per heavy atom. The van der Waals surface area contributed by atoms with E-state index in [0.717, 1.165) is 17.5 Å². The van der Waals surface area contributed by atoms with E-state index in [1.807, 2.05) is 25.4 Å². The summed E-state index contributed by atoms with van der Waals surface area (Å²) in [7, 11) is 1.86. The van der Waals surface area contributed by atoms with Crippen molar-refractivity contribution < 1.29 is 9.18 Å². The lowest BCUT2D eigenvalue weighted by Crippen LogP contribution is -2.43. The first-order valence-corrected chi connectivity index (χ1v) is 10.6. The molecule has 4 rings (SSSR count). The topological polar surface area (TPSA) is 69.0 Å². The third-order valence-corrected chi connectivity index (χ3v) is 6.57. The Morgan fingerprint density at radius 3 is 2.70 bits per heavy atom. The highest BCUT2D eigenvalue weighted by Crippen LogP contribution is 2.35. The smallest absolute Gasteiger partial charge is 0.315 e. The lowest BCUT2D eigenvalue weighted by molar-refractivity contribution is 0.246. The highest BCUT2D eigenvalue weighted by Gasteiger charge is 2.36. The number of hydrogen-bond acceptors (Lipinski definition) is 2. The molecule has 0 aliphatic carbocycles. The third kappa shape index (κ3) is 4.45. The number of aryl methyl sites for hydroxylation is 1. The minimum absolute atomic E-state index is 0.0579. The van der Waals surface area contributed by atoms with Gasteiger partial charge >= 0.3 is 6.03 Å². The number of urea groups is 1. The van der Waals surface area contributed by atoms with E-state index in [2.05, 4.69) is 33.1 Å². The lowest BCUT2D eigenvalue weighted by atomic mass is 9.84. The summed E-state index contributed by atoms with van der Waals surface area (Å²) >= 11 is 7.05. The zero-order valence-electron chi connectivity index (χ0n) is 16.8. The first-order chi connectivity index (χ1) is 14.5. The van der Waals surface area contributed by atoms with Crippen LogP contribution in [0.2, 0.25) is 0 Å². The van der Waals surface area contributed by atoms with Crippen molar-refractivity contribution in [3.8, 4) is 0 Å². The monoisotopic (exact) mass is 428 g/mol. The number of alkyl halides is 1. The molecule has 3 unspecified atom stereocenters. The van der Waals surface area contributed by atoms with Crippen LogP contribution in [0.4, 0.5) is 9.18 Å². The van der Waals surface area contributed by atoms with Gasteiger partial charge in [0, 0.05) is 29.6 Å². The Labute approximate surface area is 180 Å². The number of aromatic amines is 1. The van der Waals surface area contributed by atoms with Gasteiger partial charge in [-0.1, -0.05) is 30.3 Å². The second-order valence-corrected chi connectivity index (χ2v) is 8.62. The number of hydrogen-bond donors (Lipinski definition) is 4. The quantitative estimate of drug-likeness (QED) is 0.320. The molecule has 4 N–H and O–H groups in total. The second-order valence-electron chi connectivity index (χ2n) is 7.90. The Bertz CT molecular complexity index is 1020. The fourth-order valence-corrected chi connectivity index (χ4v) is 4.53. The van der Waals surface area contributed by atoms with Crippen LogP contribution in [0.3, 0.4) is 0 Å². The maximum Gasteiger partial charge on any atom is 0.315 e. The fourth-order valence-electron chi connectivity index (χ4n) is 4.27. The van der Waals surface area contributed by atoms with Crippen LogP contribution >= 0.6 is 11.6 Å². The van der Waals surface area contributed by atoms with Crippen LogP contribution in [0.25, 0.3) is 10.9 Å². The number of amides is 2. The molecule has 0 saturated carbocycles. The van der Waals surface area contributed by atoms with Gasteiger partial charge in [0.25, 0.3) is 0 Å². The summed E-state index contributed by atoms with van der Waals surface area (Å²) in [6.45, 7) is 0.514. The molecule has 2 heterocycles.